The molecule has 0 N–H and O–H groups in total. The van der Waals surface area contributed by atoms with Crippen LogP contribution in [0.4, 0.5) is 0 Å². The summed E-state index contributed by atoms with van der Waals surface area (Å²) < 4.78 is 0. The molecule has 0 amide bonds. The first-order chi connectivity index (χ1) is 8.01. The zero-order valence-corrected chi connectivity index (χ0v) is 12.3. The molecule has 0 aliphatic rings. The Kier molecular flexibility index (Phi) is 5.52. The van der Waals surface area contributed by atoms with E-state index < -0.39 is 0 Å². The Morgan fingerprint density at radius 2 is 1.71 bits per heavy atom. The van der Waals surface area contributed by atoms with Gasteiger partial charge in [-0.15, -0.1) is 11.6 Å². The van der Waals surface area contributed by atoms with Gasteiger partial charge in [-0.1, -0.05) is 64.8 Å². The molecule has 0 heterocycles. The second kappa shape index (κ2) is 6.44. The second-order valence-corrected chi connectivity index (χ2v) is 6.00. The summed E-state index contributed by atoms with van der Waals surface area (Å²) in [5, 5.41) is 0.175. The van der Waals surface area contributed by atoms with Crippen LogP contribution in [-0.4, -0.2) is 0 Å². The Bertz CT molecular complexity index is 324. The Hall–Kier alpha value is -0.490. The minimum atomic E-state index is 0.175. The summed E-state index contributed by atoms with van der Waals surface area (Å²) in [6.45, 7) is 9.02. The molecule has 96 valence electrons. The average molecular weight is 253 g/mol. The lowest BCUT2D eigenvalue weighted by atomic mass is 9.82. The van der Waals surface area contributed by atoms with Gasteiger partial charge in [0.25, 0.3) is 0 Å². The van der Waals surface area contributed by atoms with Crippen LogP contribution < -0.4 is 0 Å². The van der Waals surface area contributed by atoms with Crippen LogP contribution in [0.2, 0.25) is 0 Å². The van der Waals surface area contributed by atoms with E-state index in [4.69, 9.17) is 11.6 Å². The second-order valence-electron chi connectivity index (χ2n) is 5.47. The van der Waals surface area contributed by atoms with E-state index in [0.29, 0.717) is 0 Å². The summed E-state index contributed by atoms with van der Waals surface area (Å²) in [7, 11) is 0. The molecule has 1 unspecified atom stereocenters. The molecular formula is C16H25Cl. The smallest absolute Gasteiger partial charge is 0.0585 e. The van der Waals surface area contributed by atoms with Crippen molar-refractivity contribution in [1.82, 2.24) is 0 Å². The SMILES string of the molecule is CCCCC(Cl)c1ccc(C(C)(C)CC)cc1. The van der Waals surface area contributed by atoms with Gasteiger partial charge < -0.3 is 0 Å². The number of benzene rings is 1. The molecule has 0 saturated heterocycles. The highest BCUT2D eigenvalue weighted by Gasteiger charge is 2.18. The third kappa shape index (κ3) is 4.03. The van der Waals surface area contributed by atoms with Crippen LogP contribution in [0.15, 0.2) is 24.3 Å². The van der Waals surface area contributed by atoms with E-state index in [-0.39, 0.29) is 10.8 Å². The first kappa shape index (κ1) is 14.6. The molecule has 0 spiro atoms. The van der Waals surface area contributed by atoms with Crippen LogP contribution in [0.3, 0.4) is 0 Å². The molecule has 0 nitrogen and oxygen atoms in total. The van der Waals surface area contributed by atoms with Crippen molar-refractivity contribution in [2.24, 2.45) is 0 Å². The molecule has 1 rings (SSSR count). The first-order valence-corrected chi connectivity index (χ1v) is 7.19. The maximum absolute atomic E-state index is 6.39. The van der Waals surface area contributed by atoms with Crippen LogP contribution in [0, 0.1) is 0 Å². The van der Waals surface area contributed by atoms with E-state index in [1.165, 1.54) is 24.0 Å². The average Bonchev–Trinajstić information content (AvgIpc) is 2.36. The van der Waals surface area contributed by atoms with E-state index in [1.807, 2.05) is 0 Å². The summed E-state index contributed by atoms with van der Waals surface area (Å²) in [5.74, 6) is 0. The zero-order valence-electron chi connectivity index (χ0n) is 11.6. The Balaban J connectivity index is 2.74. The van der Waals surface area contributed by atoms with Gasteiger partial charge in [-0.25, -0.2) is 0 Å². The van der Waals surface area contributed by atoms with Gasteiger partial charge in [-0.2, -0.15) is 0 Å². The van der Waals surface area contributed by atoms with Gasteiger partial charge in [0.1, 0.15) is 0 Å². The fourth-order valence-electron chi connectivity index (χ4n) is 1.90. The van der Waals surface area contributed by atoms with Crippen molar-refractivity contribution in [2.75, 3.05) is 0 Å². The van der Waals surface area contributed by atoms with Gasteiger partial charge in [0.15, 0.2) is 0 Å². The number of unbranched alkanes of at least 4 members (excludes halogenated alkanes) is 1. The third-order valence-electron chi connectivity index (χ3n) is 3.75. The molecular weight excluding hydrogens is 228 g/mol. The normalized spacial score (nSPS) is 13.7. The minimum Gasteiger partial charge on any atom is -0.118 e. The van der Waals surface area contributed by atoms with Crippen molar-refractivity contribution >= 4 is 11.6 Å². The largest absolute Gasteiger partial charge is 0.118 e. The lowest BCUT2D eigenvalue weighted by Gasteiger charge is -2.23. The Labute approximate surface area is 111 Å². The standard InChI is InChI=1S/C16H25Cl/c1-5-7-8-15(17)13-9-11-14(12-10-13)16(3,4)6-2/h9-12,15H,5-8H2,1-4H3. The van der Waals surface area contributed by atoms with Crippen LogP contribution in [-0.2, 0) is 5.41 Å². The first-order valence-electron chi connectivity index (χ1n) is 6.75. The van der Waals surface area contributed by atoms with Gasteiger partial charge in [0.2, 0.25) is 0 Å². The summed E-state index contributed by atoms with van der Waals surface area (Å²) in [4.78, 5) is 0. The highest BCUT2D eigenvalue weighted by atomic mass is 35.5. The highest BCUT2D eigenvalue weighted by Crippen LogP contribution is 2.30. The summed E-state index contributed by atoms with van der Waals surface area (Å²) >= 11 is 6.39. The molecule has 1 atom stereocenters. The molecule has 0 aliphatic heterocycles. The quantitative estimate of drug-likeness (QED) is 0.558. The number of hydrogen-bond acceptors (Lipinski definition) is 0. The maximum Gasteiger partial charge on any atom is 0.0585 e. The molecule has 0 fully saturated rings. The topological polar surface area (TPSA) is 0 Å². The van der Waals surface area contributed by atoms with Crippen molar-refractivity contribution < 1.29 is 0 Å². The maximum atomic E-state index is 6.39. The number of rotatable bonds is 6. The van der Waals surface area contributed by atoms with E-state index in [2.05, 4.69) is 52.0 Å². The lowest BCUT2D eigenvalue weighted by molar-refractivity contribution is 0.506. The van der Waals surface area contributed by atoms with Crippen molar-refractivity contribution in [2.45, 2.75) is 64.2 Å². The number of halogens is 1. The Morgan fingerprint density at radius 1 is 1.12 bits per heavy atom. The molecule has 0 aliphatic carbocycles. The Morgan fingerprint density at radius 3 is 2.18 bits per heavy atom. The molecule has 0 bridgehead atoms. The molecule has 1 aromatic carbocycles. The van der Waals surface area contributed by atoms with Crippen LogP contribution in [0.25, 0.3) is 0 Å². The number of alkyl halides is 1. The molecule has 0 aromatic heterocycles. The monoisotopic (exact) mass is 252 g/mol. The molecule has 1 aromatic rings. The van der Waals surface area contributed by atoms with Gasteiger partial charge in [0.05, 0.1) is 5.38 Å². The van der Waals surface area contributed by atoms with Crippen LogP contribution in [0.5, 0.6) is 0 Å². The van der Waals surface area contributed by atoms with Crippen molar-refractivity contribution in [3.8, 4) is 0 Å². The van der Waals surface area contributed by atoms with E-state index >= 15 is 0 Å². The molecule has 0 radical (unpaired) electrons. The van der Waals surface area contributed by atoms with Crippen molar-refractivity contribution in [3.05, 3.63) is 35.4 Å². The predicted octanol–water partition coefficient (Wildman–Crippen LogP) is 5.84. The summed E-state index contributed by atoms with van der Waals surface area (Å²) in [5.41, 5.74) is 2.93. The van der Waals surface area contributed by atoms with Crippen LogP contribution >= 0.6 is 11.6 Å². The lowest BCUT2D eigenvalue weighted by Crippen LogP contribution is -2.15. The minimum absolute atomic E-state index is 0.175. The van der Waals surface area contributed by atoms with E-state index in [0.717, 1.165) is 12.8 Å². The summed E-state index contributed by atoms with van der Waals surface area (Å²) in [6, 6.07) is 8.86. The fourth-order valence-corrected chi connectivity index (χ4v) is 2.20. The zero-order chi connectivity index (χ0) is 12.9. The fraction of sp³-hybridized carbons (Fsp3) is 0.625. The van der Waals surface area contributed by atoms with Gasteiger partial charge in [0, 0.05) is 0 Å². The van der Waals surface area contributed by atoms with E-state index in [9.17, 15) is 0 Å². The van der Waals surface area contributed by atoms with Gasteiger partial charge >= 0.3 is 0 Å². The van der Waals surface area contributed by atoms with Gasteiger partial charge in [-0.05, 0) is 29.4 Å². The van der Waals surface area contributed by atoms with Gasteiger partial charge in [-0.3, -0.25) is 0 Å². The van der Waals surface area contributed by atoms with Crippen molar-refractivity contribution in [1.29, 1.82) is 0 Å². The highest BCUT2D eigenvalue weighted by molar-refractivity contribution is 6.20. The predicted molar refractivity (Wildman–Crippen MR) is 77.9 cm³/mol. The number of hydrogen-bond donors (Lipinski definition) is 0. The summed E-state index contributed by atoms with van der Waals surface area (Å²) in [6.07, 6.45) is 4.65. The van der Waals surface area contributed by atoms with E-state index in [1.54, 1.807) is 0 Å². The molecule has 17 heavy (non-hydrogen) atoms. The third-order valence-corrected chi connectivity index (χ3v) is 4.22. The van der Waals surface area contributed by atoms with Crippen LogP contribution in [0.1, 0.15) is 69.9 Å². The van der Waals surface area contributed by atoms with Crippen molar-refractivity contribution in [3.63, 3.8) is 0 Å². The molecule has 1 heteroatoms. The molecule has 0 saturated carbocycles.